The first kappa shape index (κ1) is 14.6. The SMILES string of the molecule is N#CCc1cccc2c1C=CN(C(=O)c1ccccc1)C2C#N. The van der Waals surface area contributed by atoms with Crippen LogP contribution in [0, 0.1) is 22.7 Å². The molecule has 0 aliphatic carbocycles. The number of nitriles is 2. The Hall–Kier alpha value is -3.37. The summed E-state index contributed by atoms with van der Waals surface area (Å²) in [4.78, 5) is 14.1. The molecule has 1 unspecified atom stereocenters. The maximum Gasteiger partial charge on any atom is 0.259 e. The van der Waals surface area contributed by atoms with Gasteiger partial charge in [-0.1, -0.05) is 36.4 Å². The summed E-state index contributed by atoms with van der Waals surface area (Å²) in [6, 6.07) is 18.0. The van der Waals surface area contributed by atoms with Crippen molar-refractivity contribution in [3.8, 4) is 12.1 Å². The van der Waals surface area contributed by atoms with E-state index in [0.29, 0.717) is 5.56 Å². The second-order valence-electron chi connectivity index (χ2n) is 5.18. The highest BCUT2D eigenvalue weighted by Crippen LogP contribution is 2.33. The molecule has 4 heteroatoms. The van der Waals surface area contributed by atoms with Crippen LogP contribution in [-0.4, -0.2) is 10.8 Å². The molecule has 4 nitrogen and oxygen atoms in total. The molecule has 0 N–H and O–H groups in total. The molecule has 0 spiro atoms. The third-order valence-electron chi connectivity index (χ3n) is 3.85. The zero-order chi connectivity index (χ0) is 16.2. The van der Waals surface area contributed by atoms with Crippen molar-refractivity contribution in [3.05, 3.63) is 77.0 Å². The van der Waals surface area contributed by atoms with Crippen molar-refractivity contribution in [1.29, 1.82) is 10.5 Å². The third-order valence-corrected chi connectivity index (χ3v) is 3.85. The van der Waals surface area contributed by atoms with Crippen LogP contribution in [0.15, 0.2) is 54.7 Å². The lowest BCUT2D eigenvalue weighted by Crippen LogP contribution is -2.32. The summed E-state index contributed by atoms with van der Waals surface area (Å²) in [6.45, 7) is 0. The minimum Gasteiger partial charge on any atom is -0.294 e. The molecule has 0 saturated heterocycles. The van der Waals surface area contributed by atoms with E-state index in [-0.39, 0.29) is 12.3 Å². The van der Waals surface area contributed by atoms with E-state index in [2.05, 4.69) is 12.1 Å². The monoisotopic (exact) mass is 299 g/mol. The summed E-state index contributed by atoms with van der Waals surface area (Å²) < 4.78 is 0. The van der Waals surface area contributed by atoms with E-state index < -0.39 is 6.04 Å². The van der Waals surface area contributed by atoms with E-state index in [9.17, 15) is 10.1 Å². The molecule has 0 saturated carbocycles. The molecule has 2 aromatic rings. The summed E-state index contributed by atoms with van der Waals surface area (Å²) in [5.41, 5.74) is 3.02. The van der Waals surface area contributed by atoms with Crippen molar-refractivity contribution >= 4 is 12.0 Å². The van der Waals surface area contributed by atoms with Crippen LogP contribution in [0.1, 0.15) is 33.1 Å². The number of rotatable bonds is 2. The quantitative estimate of drug-likeness (QED) is 0.853. The molecule has 23 heavy (non-hydrogen) atoms. The van der Waals surface area contributed by atoms with Crippen molar-refractivity contribution in [1.82, 2.24) is 4.90 Å². The Balaban J connectivity index is 2.03. The van der Waals surface area contributed by atoms with E-state index in [1.807, 2.05) is 24.3 Å². The highest BCUT2D eigenvalue weighted by molar-refractivity contribution is 5.96. The van der Waals surface area contributed by atoms with Crippen molar-refractivity contribution in [2.45, 2.75) is 12.5 Å². The van der Waals surface area contributed by atoms with Crippen molar-refractivity contribution in [2.75, 3.05) is 0 Å². The van der Waals surface area contributed by atoms with Crippen LogP contribution in [0.2, 0.25) is 0 Å². The Bertz CT molecular complexity index is 856. The van der Waals surface area contributed by atoms with Crippen molar-refractivity contribution in [3.63, 3.8) is 0 Å². The molecule has 1 amide bonds. The molecule has 3 rings (SSSR count). The minimum atomic E-state index is -0.693. The van der Waals surface area contributed by atoms with Crippen LogP contribution in [0.25, 0.3) is 6.08 Å². The summed E-state index contributed by atoms with van der Waals surface area (Å²) in [5.74, 6) is -0.218. The van der Waals surface area contributed by atoms with Gasteiger partial charge in [-0.15, -0.1) is 0 Å². The van der Waals surface area contributed by atoms with E-state index in [1.54, 1.807) is 36.5 Å². The van der Waals surface area contributed by atoms with Gasteiger partial charge in [0.2, 0.25) is 0 Å². The van der Waals surface area contributed by atoms with Crippen LogP contribution in [0.5, 0.6) is 0 Å². The Morgan fingerprint density at radius 2 is 1.87 bits per heavy atom. The van der Waals surface area contributed by atoms with Crippen molar-refractivity contribution in [2.24, 2.45) is 0 Å². The van der Waals surface area contributed by atoms with Crippen LogP contribution < -0.4 is 0 Å². The molecular formula is C19H13N3O. The van der Waals surface area contributed by atoms with Gasteiger partial charge in [-0.25, -0.2) is 0 Å². The van der Waals surface area contributed by atoms with E-state index in [1.165, 1.54) is 4.90 Å². The van der Waals surface area contributed by atoms with Crippen LogP contribution in [0.4, 0.5) is 0 Å². The van der Waals surface area contributed by atoms with E-state index in [4.69, 9.17) is 5.26 Å². The smallest absolute Gasteiger partial charge is 0.259 e. The summed E-state index contributed by atoms with van der Waals surface area (Å²) >= 11 is 0. The largest absolute Gasteiger partial charge is 0.294 e. The molecule has 0 bridgehead atoms. The third kappa shape index (κ3) is 2.59. The number of carbonyl (C=O) groups excluding carboxylic acids is 1. The first-order valence-corrected chi connectivity index (χ1v) is 7.20. The van der Waals surface area contributed by atoms with Crippen LogP contribution in [-0.2, 0) is 6.42 Å². The van der Waals surface area contributed by atoms with Crippen LogP contribution in [0.3, 0.4) is 0 Å². The number of fused-ring (bicyclic) bond motifs is 1. The predicted molar refractivity (Wildman–Crippen MR) is 85.8 cm³/mol. The number of carbonyl (C=O) groups is 1. The second kappa shape index (κ2) is 6.17. The Morgan fingerprint density at radius 1 is 1.09 bits per heavy atom. The van der Waals surface area contributed by atoms with Gasteiger partial charge < -0.3 is 0 Å². The van der Waals surface area contributed by atoms with Gasteiger partial charge in [0.05, 0.1) is 18.6 Å². The second-order valence-corrected chi connectivity index (χ2v) is 5.18. The van der Waals surface area contributed by atoms with Gasteiger partial charge in [-0.3, -0.25) is 9.69 Å². The number of hydrogen-bond donors (Lipinski definition) is 0. The lowest BCUT2D eigenvalue weighted by atomic mass is 9.91. The van der Waals surface area contributed by atoms with Gasteiger partial charge in [0.1, 0.15) is 6.04 Å². The summed E-state index contributed by atoms with van der Waals surface area (Å²) in [6.07, 6.45) is 3.71. The lowest BCUT2D eigenvalue weighted by molar-refractivity contribution is 0.0794. The molecule has 1 atom stereocenters. The Morgan fingerprint density at radius 3 is 2.57 bits per heavy atom. The molecule has 0 fully saturated rings. The molecule has 1 aliphatic rings. The van der Waals surface area contributed by atoms with E-state index >= 15 is 0 Å². The van der Waals surface area contributed by atoms with Crippen molar-refractivity contribution < 1.29 is 4.79 Å². The number of nitrogens with zero attached hydrogens (tertiary/aromatic N) is 3. The fourth-order valence-electron chi connectivity index (χ4n) is 2.75. The molecule has 1 heterocycles. The fourth-order valence-corrected chi connectivity index (χ4v) is 2.75. The highest BCUT2D eigenvalue weighted by atomic mass is 16.2. The molecule has 0 radical (unpaired) electrons. The molecule has 0 aromatic heterocycles. The molecule has 1 aliphatic heterocycles. The van der Waals surface area contributed by atoms with Gasteiger partial charge in [0, 0.05) is 11.8 Å². The van der Waals surface area contributed by atoms with Gasteiger partial charge in [-0.2, -0.15) is 10.5 Å². The zero-order valence-corrected chi connectivity index (χ0v) is 12.3. The predicted octanol–water partition coefficient (Wildman–Crippen LogP) is 3.44. The standard InChI is InChI=1S/C19H13N3O/c20-11-9-14-7-4-8-17-16(14)10-12-22(18(17)13-21)19(23)15-5-2-1-3-6-15/h1-8,10,12,18H,9H2. The molecule has 2 aromatic carbocycles. The summed E-state index contributed by atoms with van der Waals surface area (Å²) in [5, 5.41) is 18.5. The molecular weight excluding hydrogens is 286 g/mol. The Labute approximate surface area is 134 Å². The average Bonchev–Trinajstić information content (AvgIpc) is 2.61. The molecule has 110 valence electrons. The number of hydrogen-bond acceptors (Lipinski definition) is 3. The first-order chi connectivity index (χ1) is 11.3. The fraction of sp³-hybridized carbons (Fsp3) is 0.105. The van der Waals surface area contributed by atoms with E-state index in [0.717, 1.165) is 16.7 Å². The van der Waals surface area contributed by atoms with Gasteiger partial charge in [-0.05, 0) is 34.9 Å². The summed E-state index contributed by atoms with van der Waals surface area (Å²) in [7, 11) is 0. The lowest BCUT2D eigenvalue weighted by Gasteiger charge is -2.29. The Kier molecular flexibility index (Phi) is 3.91. The average molecular weight is 299 g/mol. The minimum absolute atomic E-state index is 0.218. The normalized spacial score (nSPS) is 15.4. The van der Waals surface area contributed by atoms with Gasteiger partial charge >= 0.3 is 0 Å². The number of amides is 1. The topological polar surface area (TPSA) is 67.9 Å². The zero-order valence-electron chi connectivity index (χ0n) is 12.3. The van der Waals surface area contributed by atoms with Gasteiger partial charge in [0.15, 0.2) is 0 Å². The van der Waals surface area contributed by atoms with Gasteiger partial charge in [0.25, 0.3) is 5.91 Å². The van der Waals surface area contributed by atoms with Crippen LogP contribution >= 0.6 is 0 Å². The first-order valence-electron chi connectivity index (χ1n) is 7.20. The number of benzene rings is 2. The highest BCUT2D eigenvalue weighted by Gasteiger charge is 2.29. The maximum atomic E-state index is 12.7. The maximum absolute atomic E-state index is 12.7.